The summed E-state index contributed by atoms with van der Waals surface area (Å²) in [5, 5.41) is 9.86. The van der Waals surface area contributed by atoms with Crippen LogP contribution >= 0.6 is 0 Å². The van der Waals surface area contributed by atoms with Gasteiger partial charge in [-0.15, -0.1) is 0 Å². The number of rotatable bonds is 2. The Morgan fingerprint density at radius 2 is 2.14 bits per heavy atom. The topological polar surface area (TPSA) is 46.5 Å². The summed E-state index contributed by atoms with van der Waals surface area (Å²) < 4.78 is 5.34. The Balaban J connectivity index is 2.37. The van der Waals surface area contributed by atoms with Crippen LogP contribution in [0.3, 0.4) is 0 Å². The minimum absolute atomic E-state index is 0.0122. The largest absolute Gasteiger partial charge is 0.382 e. The number of carbonyl (C=O) groups excluding carboxylic acids is 1. The molecule has 0 bridgehead atoms. The van der Waals surface area contributed by atoms with Crippen molar-refractivity contribution in [3.8, 4) is 0 Å². The first-order valence-electron chi connectivity index (χ1n) is 5.18. The molecule has 0 aromatic carbocycles. The zero-order valence-electron chi connectivity index (χ0n) is 9.20. The normalized spacial score (nSPS) is 51.1. The van der Waals surface area contributed by atoms with E-state index in [-0.39, 0.29) is 17.1 Å². The lowest BCUT2D eigenvalue weighted by atomic mass is 9.88. The number of aliphatic hydroxyl groups is 1. The third-order valence-electron chi connectivity index (χ3n) is 4.42. The van der Waals surface area contributed by atoms with Crippen molar-refractivity contribution in [2.75, 3.05) is 7.11 Å². The quantitative estimate of drug-likeness (QED) is 0.720. The summed E-state index contributed by atoms with van der Waals surface area (Å²) in [5.41, 5.74) is -0.939. The molecule has 2 saturated carbocycles. The van der Waals surface area contributed by atoms with Gasteiger partial charge in [0.05, 0.1) is 0 Å². The highest BCUT2D eigenvalue weighted by Crippen LogP contribution is 2.69. The van der Waals surface area contributed by atoms with Crippen molar-refractivity contribution in [1.29, 1.82) is 0 Å². The van der Waals surface area contributed by atoms with Crippen LogP contribution in [0.15, 0.2) is 0 Å². The molecule has 1 N–H and O–H groups in total. The summed E-state index contributed by atoms with van der Waals surface area (Å²) in [5.74, 6) is 0.496. The van der Waals surface area contributed by atoms with E-state index in [1.165, 1.54) is 0 Å². The average Bonchev–Trinajstić information content (AvgIpc) is 2.87. The van der Waals surface area contributed by atoms with E-state index in [1.54, 1.807) is 7.11 Å². The number of Topliss-reactive ketones (excluding diaryl/α,β-unsaturated/α-hetero) is 1. The second-order valence-corrected chi connectivity index (χ2v) is 5.11. The molecule has 2 rings (SSSR count). The van der Waals surface area contributed by atoms with Gasteiger partial charge in [-0.25, -0.2) is 0 Å². The fourth-order valence-corrected chi connectivity index (χ4v) is 3.15. The number of hydrogen-bond donors (Lipinski definition) is 1. The lowest BCUT2D eigenvalue weighted by molar-refractivity contribution is -0.142. The van der Waals surface area contributed by atoms with Crippen molar-refractivity contribution in [2.24, 2.45) is 17.3 Å². The van der Waals surface area contributed by atoms with Gasteiger partial charge in [0.25, 0.3) is 0 Å². The van der Waals surface area contributed by atoms with Gasteiger partial charge in [-0.3, -0.25) is 4.79 Å². The molecule has 3 nitrogen and oxygen atoms in total. The third-order valence-corrected chi connectivity index (χ3v) is 4.42. The molecule has 0 radical (unpaired) electrons. The summed E-state index contributed by atoms with van der Waals surface area (Å²) >= 11 is 0. The molecule has 4 unspecified atom stereocenters. The molecule has 0 amide bonds. The number of aliphatic hydroxyl groups excluding tert-OH is 1. The standard InChI is InChI=1S/C11H18O3/c1-6(2)11-5-7(11)10(3,14-4)8(12)9(11)13/h6-8,12H,5H2,1-4H3. The monoisotopic (exact) mass is 198 g/mol. The number of ketones is 1. The Morgan fingerprint density at radius 1 is 1.57 bits per heavy atom. The Kier molecular flexibility index (Phi) is 1.87. The molecule has 0 heterocycles. The van der Waals surface area contributed by atoms with Gasteiger partial charge in [-0.05, 0) is 19.3 Å². The van der Waals surface area contributed by atoms with Crippen LogP contribution < -0.4 is 0 Å². The minimum Gasteiger partial charge on any atom is -0.382 e. The number of ether oxygens (including phenoxy) is 1. The molecule has 3 heteroatoms. The molecule has 0 aliphatic heterocycles. The van der Waals surface area contributed by atoms with Gasteiger partial charge in [-0.1, -0.05) is 13.8 Å². The van der Waals surface area contributed by atoms with Crippen molar-refractivity contribution < 1.29 is 14.6 Å². The predicted octanol–water partition coefficient (Wildman–Crippen LogP) is 0.997. The van der Waals surface area contributed by atoms with Crippen LogP contribution in [-0.2, 0) is 9.53 Å². The van der Waals surface area contributed by atoms with E-state index in [2.05, 4.69) is 0 Å². The van der Waals surface area contributed by atoms with Crippen molar-refractivity contribution in [2.45, 2.75) is 38.9 Å². The summed E-state index contributed by atoms with van der Waals surface area (Å²) in [7, 11) is 1.57. The second-order valence-electron chi connectivity index (χ2n) is 5.11. The Hall–Kier alpha value is -0.410. The van der Waals surface area contributed by atoms with Crippen LogP contribution in [0.4, 0.5) is 0 Å². The summed E-state index contributed by atoms with van der Waals surface area (Å²) in [6.07, 6.45) is -0.0566. The van der Waals surface area contributed by atoms with Gasteiger partial charge < -0.3 is 9.84 Å². The Labute approximate surface area is 84.4 Å². The molecule has 14 heavy (non-hydrogen) atoms. The molecule has 2 fully saturated rings. The van der Waals surface area contributed by atoms with Crippen LogP contribution in [0.2, 0.25) is 0 Å². The number of hydrogen-bond acceptors (Lipinski definition) is 3. The first-order valence-corrected chi connectivity index (χ1v) is 5.18. The van der Waals surface area contributed by atoms with Crippen LogP contribution in [-0.4, -0.2) is 29.7 Å². The van der Waals surface area contributed by atoms with Crippen LogP contribution in [0.25, 0.3) is 0 Å². The first-order chi connectivity index (χ1) is 6.41. The SMILES string of the molecule is COC1(C)C(O)C(=O)C2(C(C)C)CC12. The van der Waals surface area contributed by atoms with Crippen molar-refractivity contribution in [1.82, 2.24) is 0 Å². The highest BCUT2D eigenvalue weighted by molar-refractivity contribution is 5.96. The van der Waals surface area contributed by atoms with Crippen molar-refractivity contribution in [3.05, 3.63) is 0 Å². The average molecular weight is 198 g/mol. The van der Waals surface area contributed by atoms with Crippen molar-refractivity contribution >= 4 is 5.78 Å². The maximum absolute atomic E-state index is 12.0. The van der Waals surface area contributed by atoms with E-state index in [1.807, 2.05) is 20.8 Å². The van der Waals surface area contributed by atoms with Crippen molar-refractivity contribution in [3.63, 3.8) is 0 Å². The van der Waals surface area contributed by atoms with Crippen LogP contribution in [0.1, 0.15) is 27.2 Å². The fraction of sp³-hybridized carbons (Fsp3) is 0.909. The minimum atomic E-state index is -0.936. The maximum Gasteiger partial charge on any atom is 0.171 e. The molecule has 0 aromatic heterocycles. The van der Waals surface area contributed by atoms with E-state index in [9.17, 15) is 9.90 Å². The van der Waals surface area contributed by atoms with Gasteiger partial charge in [0.2, 0.25) is 0 Å². The van der Waals surface area contributed by atoms with E-state index in [4.69, 9.17) is 4.74 Å². The number of carbonyl (C=O) groups is 1. The van der Waals surface area contributed by atoms with E-state index in [0.29, 0.717) is 5.92 Å². The molecule has 80 valence electrons. The molecule has 0 spiro atoms. The summed E-state index contributed by atoms with van der Waals surface area (Å²) in [4.78, 5) is 12.0. The Morgan fingerprint density at radius 3 is 2.43 bits per heavy atom. The van der Waals surface area contributed by atoms with Crippen LogP contribution in [0, 0.1) is 17.3 Å². The number of methoxy groups -OCH3 is 1. The van der Waals surface area contributed by atoms with Crippen LogP contribution in [0.5, 0.6) is 0 Å². The molecule has 2 aliphatic rings. The maximum atomic E-state index is 12.0. The molecule has 0 saturated heterocycles. The molecule has 0 aromatic rings. The number of fused-ring (bicyclic) bond motifs is 1. The summed E-state index contributed by atoms with van der Waals surface area (Å²) in [6, 6.07) is 0. The molecule has 2 aliphatic carbocycles. The lowest BCUT2D eigenvalue weighted by Gasteiger charge is -2.27. The molecule has 4 atom stereocenters. The highest BCUT2D eigenvalue weighted by atomic mass is 16.5. The highest BCUT2D eigenvalue weighted by Gasteiger charge is 2.77. The Bertz CT molecular complexity index is 286. The predicted molar refractivity (Wildman–Crippen MR) is 51.8 cm³/mol. The van der Waals surface area contributed by atoms with E-state index >= 15 is 0 Å². The smallest absolute Gasteiger partial charge is 0.171 e. The summed E-state index contributed by atoms with van der Waals surface area (Å²) in [6.45, 7) is 5.94. The van der Waals surface area contributed by atoms with E-state index < -0.39 is 11.7 Å². The van der Waals surface area contributed by atoms with Gasteiger partial charge in [0.15, 0.2) is 5.78 Å². The zero-order valence-corrected chi connectivity index (χ0v) is 9.20. The fourth-order valence-electron chi connectivity index (χ4n) is 3.15. The second kappa shape index (κ2) is 2.58. The lowest BCUT2D eigenvalue weighted by Crippen LogP contribution is -2.43. The zero-order chi connectivity index (χ0) is 10.7. The van der Waals surface area contributed by atoms with Gasteiger partial charge in [0, 0.05) is 18.4 Å². The first kappa shape index (κ1) is 10.1. The third kappa shape index (κ3) is 0.829. The van der Waals surface area contributed by atoms with Gasteiger partial charge >= 0.3 is 0 Å². The van der Waals surface area contributed by atoms with Gasteiger partial charge in [-0.2, -0.15) is 0 Å². The van der Waals surface area contributed by atoms with Gasteiger partial charge in [0.1, 0.15) is 11.7 Å². The molecular formula is C11H18O3. The molecular weight excluding hydrogens is 180 g/mol. The van der Waals surface area contributed by atoms with E-state index in [0.717, 1.165) is 6.42 Å².